The quantitative estimate of drug-likeness (QED) is 0.781. The van der Waals surface area contributed by atoms with E-state index in [4.69, 9.17) is 0 Å². The van der Waals surface area contributed by atoms with Crippen LogP contribution >= 0.6 is 0 Å². The first-order valence-corrected chi connectivity index (χ1v) is 8.65. The van der Waals surface area contributed by atoms with Crippen molar-refractivity contribution in [2.45, 2.75) is 32.7 Å². The van der Waals surface area contributed by atoms with Gasteiger partial charge >= 0.3 is 0 Å². The number of carbonyl (C=O) groups excluding carboxylic acids is 1. The van der Waals surface area contributed by atoms with Crippen LogP contribution in [0.2, 0.25) is 0 Å². The van der Waals surface area contributed by atoms with Crippen molar-refractivity contribution in [3.8, 4) is 0 Å². The van der Waals surface area contributed by atoms with Crippen LogP contribution in [-0.4, -0.2) is 33.2 Å². The molecular weight excluding hydrogens is 295 g/mol. The van der Waals surface area contributed by atoms with E-state index in [1.807, 2.05) is 6.92 Å². The summed E-state index contributed by atoms with van der Waals surface area (Å²) in [5, 5.41) is 2.70. The highest BCUT2D eigenvalue weighted by atomic mass is 32.2. The van der Waals surface area contributed by atoms with Crippen LogP contribution in [0.1, 0.15) is 26.7 Å². The summed E-state index contributed by atoms with van der Waals surface area (Å²) in [5.41, 5.74) is 0.261. The minimum absolute atomic E-state index is 0.261. The van der Waals surface area contributed by atoms with E-state index >= 15 is 0 Å². The fraction of sp³-hybridized carbons (Fsp3) is 0.500. The van der Waals surface area contributed by atoms with E-state index in [-0.39, 0.29) is 11.6 Å². The fourth-order valence-corrected chi connectivity index (χ4v) is 3.11. The number of amides is 1. The predicted molar refractivity (Wildman–Crippen MR) is 81.1 cm³/mol. The normalized spacial score (nSPS) is 12.8. The maximum absolute atomic E-state index is 13.0. The number of anilines is 1. The molecule has 5 nitrogen and oxygen atoms in total. The zero-order chi connectivity index (χ0) is 16.0. The molecule has 0 spiro atoms. The van der Waals surface area contributed by atoms with E-state index in [9.17, 15) is 17.6 Å². The number of sulfonamides is 1. The monoisotopic (exact) mass is 316 g/mol. The highest BCUT2D eigenvalue weighted by Crippen LogP contribution is 2.21. The van der Waals surface area contributed by atoms with Gasteiger partial charge < -0.3 is 5.32 Å². The summed E-state index contributed by atoms with van der Waals surface area (Å²) in [6.07, 6.45) is 2.78. The molecule has 0 aliphatic rings. The third-order valence-electron chi connectivity index (χ3n) is 3.00. The van der Waals surface area contributed by atoms with Crippen molar-refractivity contribution in [2.75, 3.05) is 17.1 Å². The number of carbonyl (C=O) groups is 1. The Morgan fingerprint density at radius 3 is 2.38 bits per heavy atom. The average Bonchev–Trinajstić information content (AvgIpc) is 2.39. The van der Waals surface area contributed by atoms with Gasteiger partial charge in [0.05, 0.1) is 11.9 Å². The summed E-state index contributed by atoms with van der Waals surface area (Å²) in [4.78, 5) is 12.1. The van der Waals surface area contributed by atoms with Crippen LogP contribution in [0.5, 0.6) is 0 Å². The minimum Gasteiger partial charge on any atom is -0.354 e. The Bertz CT molecular complexity index is 572. The van der Waals surface area contributed by atoms with Crippen molar-refractivity contribution in [2.24, 2.45) is 0 Å². The Morgan fingerprint density at radius 2 is 1.90 bits per heavy atom. The molecule has 0 fully saturated rings. The van der Waals surface area contributed by atoms with Crippen molar-refractivity contribution >= 4 is 21.6 Å². The Morgan fingerprint density at radius 1 is 1.33 bits per heavy atom. The van der Waals surface area contributed by atoms with Gasteiger partial charge in [-0.3, -0.25) is 9.10 Å². The molecule has 7 heteroatoms. The second kappa shape index (κ2) is 7.40. The standard InChI is InChI=1S/C14H21FN2O3S/c1-4-5-10-16-14(18)11(2)17(21(3,19)20)13-8-6-12(15)7-9-13/h6-9,11H,4-5,10H2,1-3H3,(H,16,18)/t11-/m1/s1. The Balaban J connectivity index is 2.98. The largest absolute Gasteiger partial charge is 0.354 e. The number of rotatable bonds is 7. The molecule has 0 aliphatic heterocycles. The molecule has 1 amide bonds. The lowest BCUT2D eigenvalue weighted by molar-refractivity contribution is -0.121. The van der Waals surface area contributed by atoms with E-state index in [2.05, 4.69) is 5.32 Å². The molecular formula is C14H21FN2O3S. The zero-order valence-corrected chi connectivity index (χ0v) is 13.3. The van der Waals surface area contributed by atoms with Gasteiger partial charge in [0.15, 0.2) is 0 Å². The van der Waals surface area contributed by atoms with Gasteiger partial charge in [-0.25, -0.2) is 12.8 Å². The number of benzene rings is 1. The summed E-state index contributed by atoms with van der Waals surface area (Å²) in [5.74, 6) is -0.842. The molecule has 0 saturated heterocycles. The summed E-state index contributed by atoms with van der Waals surface area (Å²) in [6.45, 7) is 4.00. The third kappa shape index (κ3) is 5.00. The Hall–Kier alpha value is -1.63. The number of nitrogens with one attached hydrogen (secondary N) is 1. The van der Waals surface area contributed by atoms with E-state index in [1.54, 1.807) is 0 Å². The van der Waals surface area contributed by atoms with Gasteiger partial charge in [0, 0.05) is 6.54 Å². The van der Waals surface area contributed by atoms with Crippen LogP contribution in [0.25, 0.3) is 0 Å². The molecule has 0 unspecified atom stereocenters. The first-order chi connectivity index (χ1) is 9.77. The topological polar surface area (TPSA) is 66.5 Å². The molecule has 0 saturated carbocycles. The first-order valence-electron chi connectivity index (χ1n) is 6.80. The molecule has 0 aromatic heterocycles. The van der Waals surface area contributed by atoms with E-state index in [0.29, 0.717) is 6.54 Å². The van der Waals surface area contributed by atoms with E-state index in [0.717, 1.165) is 35.5 Å². The maximum Gasteiger partial charge on any atom is 0.243 e. The summed E-state index contributed by atoms with van der Waals surface area (Å²) in [7, 11) is -3.66. The molecule has 1 N–H and O–H groups in total. The van der Waals surface area contributed by atoms with Crippen LogP contribution in [-0.2, 0) is 14.8 Å². The predicted octanol–water partition coefficient (Wildman–Crippen LogP) is 1.90. The lowest BCUT2D eigenvalue weighted by Gasteiger charge is -2.28. The van der Waals surface area contributed by atoms with Gasteiger partial charge in [-0.05, 0) is 37.6 Å². The smallest absolute Gasteiger partial charge is 0.243 e. The van der Waals surface area contributed by atoms with Crippen molar-refractivity contribution in [3.63, 3.8) is 0 Å². The number of halogens is 1. The number of hydrogen-bond acceptors (Lipinski definition) is 3. The molecule has 1 aromatic carbocycles. The molecule has 0 aliphatic carbocycles. The van der Waals surface area contributed by atoms with Crippen LogP contribution in [0.15, 0.2) is 24.3 Å². The number of hydrogen-bond donors (Lipinski definition) is 1. The highest BCUT2D eigenvalue weighted by Gasteiger charge is 2.28. The van der Waals surface area contributed by atoms with Gasteiger partial charge in [0.1, 0.15) is 11.9 Å². The van der Waals surface area contributed by atoms with Crippen molar-refractivity contribution in [1.82, 2.24) is 5.32 Å². The Labute approximate surface area is 125 Å². The van der Waals surface area contributed by atoms with Gasteiger partial charge in [-0.1, -0.05) is 13.3 Å². The lowest BCUT2D eigenvalue weighted by Crippen LogP contribution is -2.48. The minimum atomic E-state index is -3.66. The molecule has 0 heterocycles. The molecule has 0 radical (unpaired) electrons. The van der Waals surface area contributed by atoms with E-state index in [1.165, 1.54) is 19.1 Å². The Kier molecular flexibility index (Phi) is 6.14. The number of unbranched alkanes of at least 4 members (excludes halogenated alkanes) is 1. The van der Waals surface area contributed by atoms with Gasteiger partial charge in [0.25, 0.3) is 0 Å². The fourth-order valence-electron chi connectivity index (χ4n) is 1.93. The van der Waals surface area contributed by atoms with Crippen LogP contribution < -0.4 is 9.62 Å². The third-order valence-corrected chi connectivity index (χ3v) is 4.24. The van der Waals surface area contributed by atoms with Crippen molar-refractivity contribution in [1.29, 1.82) is 0 Å². The van der Waals surface area contributed by atoms with Crippen LogP contribution in [0.4, 0.5) is 10.1 Å². The molecule has 1 atom stereocenters. The van der Waals surface area contributed by atoms with Crippen molar-refractivity contribution < 1.29 is 17.6 Å². The molecule has 118 valence electrons. The second-order valence-electron chi connectivity index (χ2n) is 4.86. The molecule has 1 aromatic rings. The maximum atomic E-state index is 13.0. The number of nitrogens with zero attached hydrogens (tertiary/aromatic N) is 1. The molecule has 0 bridgehead atoms. The van der Waals surface area contributed by atoms with Gasteiger partial charge in [-0.2, -0.15) is 0 Å². The first kappa shape index (κ1) is 17.4. The molecule has 1 rings (SSSR count). The van der Waals surface area contributed by atoms with E-state index < -0.39 is 21.9 Å². The zero-order valence-electron chi connectivity index (χ0n) is 12.5. The average molecular weight is 316 g/mol. The van der Waals surface area contributed by atoms with Crippen LogP contribution in [0, 0.1) is 5.82 Å². The highest BCUT2D eigenvalue weighted by molar-refractivity contribution is 7.92. The summed E-state index contributed by atoms with van der Waals surface area (Å²) >= 11 is 0. The summed E-state index contributed by atoms with van der Waals surface area (Å²) < 4.78 is 37.8. The molecule has 21 heavy (non-hydrogen) atoms. The summed E-state index contributed by atoms with van der Waals surface area (Å²) in [6, 6.07) is 4.10. The van der Waals surface area contributed by atoms with Crippen LogP contribution in [0.3, 0.4) is 0 Å². The SMILES string of the molecule is CCCCNC(=O)[C@@H](C)N(c1ccc(F)cc1)S(C)(=O)=O. The van der Waals surface area contributed by atoms with Crippen molar-refractivity contribution in [3.05, 3.63) is 30.1 Å². The van der Waals surface area contributed by atoms with Gasteiger partial charge in [-0.15, -0.1) is 0 Å². The second-order valence-corrected chi connectivity index (χ2v) is 6.72. The lowest BCUT2D eigenvalue weighted by atomic mass is 10.2. The van der Waals surface area contributed by atoms with Gasteiger partial charge in [0.2, 0.25) is 15.9 Å².